The highest BCUT2D eigenvalue weighted by Gasteiger charge is 2.15. The van der Waals surface area contributed by atoms with E-state index >= 15 is 0 Å². The Morgan fingerprint density at radius 2 is 2.12 bits per heavy atom. The summed E-state index contributed by atoms with van der Waals surface area (Å²) >= 11 is 1.54. The van der Waals surface area contributed by atoms with E-state index in [0.717, 1.165) is 32.7 Å². The van der Waals surface area contributed by atoms with Crippen LogP contribution >= 0.6 is 11.8 Å². The lowest BCUT2D eigenvalue weighted by Gasteiger charge is -2.05. The molecule has 0 aliphatic rings. The molecule has 0 radical (unpaired) electrons. The van der Waals surface area contributed by atoms with E-state index in [0.29, 0.717) is 17.4 Å². The number of thioether (sulfide) groups is 1. The van der Waals surface area contributed by atoms with Gasteiger partial charge in [0.05, 0.1) is 23.0 Å². The van der Waals surface area contributed by atoms with Crippen molar-refractivity contribution in [3.8, 4) is 0 Å². The number of methoxy groups -OCH3 is 1. The standard InChI is InChI=1S/C17H14FN3O2S/c1-23-6-7-24-17-20-14-10-3-2-9(18)8-12(10)13-11(15(14)21-17)4-5-19-16(13)22/h2-5,8H,6-7H2,1H3,(H,19,22)(H,20,21). The third kappa shape index (κ3) is 2.37. The molecule has 0 fully saturated rings. The Kier molecular flexibility index (Phi) is 3.74. The van der Waals surface area contributed by atoms with Crippen molar-refractivity contribution >= 4 is 44.3 Å². The van der Waals surface area contributed by atoms with Crippen LogP contribution in [0.2, 0.25) is 0 Å². The number of fused-ring (bicyclic) bond motifs is 6. The monoisotopic (exact) mass is 343 g/mol. The van der Waals surface area contributed by atoms with Gasteiger partial charge < -0.3 is 14.7 Å². The molecule has 2 aromatic carbocycles. The summed E-state index contributed by atoms with van der Waals surface area (Å²) in [5.74, 6) is 0.387. The second-order valence-electron chi connectivity index (χ2n) is 5.39. The van der Waals surface area contributed by atoms with E-state index in [1.54, 1.807) is 31.1 Å². The molecule has 0 amide bonds. The van der Waals surface area contributed by atoms with Gasteiger partial charge in [-0.1, -0.05) is 11.8 Å². The largest absolute Gasteiger partial charge is 0.384 e. The minimum Gasteiger partial charge on any atom is -0.384 e. The van der Waals surface area contributed by atoms with Gasteiger partial charge in [-0.3, -0.25) is 4.79 Å². The average molecular weight is 343 g/mol. The van der Waals surface area contributed by atoms with Crippen LogP contribution in [0.3, 0.4) is 0 Å². The highest BCUT2D eigenvalue weighted by Crippen LogP contribution is 2.33. The molecule has 4 rings (SSSR count). The molecule has 0 bridgehead atoms. The van der Waals surface area contributed by atoms with E-state index in [1.807, 2.05) is 6.07 Å². The zero-order valence-electron chi connectivity index (χ0n) is 12.9. The predicted octanol–water partition coefficient (Wildman–Crippen LogP) is 3.44. The Labute approximate surface area is 140 Å². The van der Waals surface area contributed by atoms with Crippen LogP contribution in [0.15, 0.2) is 40.4 Å². The second-order valence-corrected chi connectivity index (χ2v) is 6.48. The molecule has 0 aliphatic carbocycles. The maximum Gasteiger partial charge on any atom is 0.256 e. The molecule has 24 heavy (non-hydrogen) atoms. The van der Waals surface area contributed by atoms with Crippen LogP contribution < -0.4 is 5.56 Å². The zero-order valence-corrected chi connectivity index (χ0v) is 13.7. The first kappa shape index (κ1) is 15.2. The SMILES string of the molecule is COCCSc1nc2c3ccc(F)cc3c3c(=O)[nH]ccc3c2[nH]1. The van der Waals surface area contributed by atoms with E-state index in [2.05, 4.69) is 15.0 Å². The van der Waals surface area contributed by atoms with Crippen molar-refractivity contribution in [1.82, 2.24) is 15.0 Å². The van der Waals surface area contributed by atoms with Gasteiger partial charge in [0.1, 0.15) is 5.82 Å². The molecule has 5 nitrogen and oxygen atoms in total. The number of benzene rings is 2. The van der Waals surface area contributed by atoms with E-state index in [-0.39, 0.29) is 11.4 Å². The summed E-state index contributed by atoms with van der Waals surface area (Å²) in [6.45, 7) is 0.619. The van der Waals surface area contributed by atoms with Crippen molar-refractivity contribution in [2.45, 2.75) is 5.16 Å². The topological polar surface area (TPSA) is 70.8 Å². The van der Waals surface area contributed by atoms with Gasteiger partial charge in [-0.15, -0.1) is 0 Å². The number of pyridine rings is 1. The predicted molar refractivity (Wildman–Crippen MR) is 94.3 cm³/mol. The fourth-order valence-electron chi connectivity index (χ4n) is 2.92. The number of aromatic nitrogens is 3. The van der Waals surface area contributed by atoms with Gasteiger partial charge in [-0.05, 0) is 24.3 Å². The maximum atomic E-state index is 13.7. The first-order valence-corrected chi connectivity index (χ1v) is 8.41. The summed E-state index contributed by atoms with van der Waals surface area (Å²) < 4.78 is 18.8. The van der Waals surface area contributed by atoms with Crippen molar-refractivity contribution < 1.29 is 9.13 Å². The lowest BCUT2D eigenvalue weighted by molar-refractivity contribution is 0.218. The molecular formula is C17H14FN3O2S. The Balaban J connectivity index is 2.08. The average Bonchev–Trinajstić information content (AvgIpc) is 2.99. The summed E-state index contributed by atoms with van der Waals surface area (Å²) in [6.07, 6.45) is 1.59. The lowest BCUT2D eigenvalue weighted by atomic mass is 10.0. The number of hydrogen-bond acceptors (Lipinski definition) is 4. The molecular weight excluding hydrogens is 329 g/mol. The molecule has 122 valence electrons. The van der Waals surface area contributed by atoms with Gasteiger partial charge in [0, 0.05) is 35.2 Å². The maximum absolute atomic E-state index is 13.7. The fraction of sp³-hybridized carbons (Fsp3) is 0.176. The van der Waals surface area contributed by atoms with Crippen LogP contribution in [0.25, 0.3) is 32.6 Å². The molecule has 0 atom stereocenters. The minimum atomic E-state index is -0.378. The molecule has 0 saturated heterocycles. The van der Waals surface area contributed by atoms with Gasteiger partial charge in [-0.25, -0.2) is 9.37 Å². The van der Waals surface area contributed by atoms with Crippen molar-refractivity contribution in [2.75, 3.05) is 19.5 Å². The third-order valence-electron chi connectivity index (χ3n) is 3.94. The van der Waals surface area contributed by atoms with Crippen LogP contribution in [0, 0.1) is 5.82 Å². The van der Waals surface area contributed by atoms with Crippen molar-refractivity contribution in [3.63, 3.8) is 0 Å². The number of rotatable bonds is 4. The number of aromatic amines is 2. The van der Waals surface area contributed by atoms with Gasteiger partial charge in [-0.2, -0.15) is 0 Å². The van der Waals surface area contributed by atoms with Crippen LogP contribution in [0.5, 0.6) is 0 Å². The van der Waals surface area contributed by atoms with Crippen LogP contribution in [-0.4, -0.2) is 34.4 Å². The van der Waals surface area contributed by atoms with Gasteiger partial charge in [0.25, 0.3) is 5.56 Å². The third-order valence-corrected chi connectivity index (χ3v) is 4.78. The number of nitrogens with zero attached hydrogens (tertiary/aromatic N) is 1. The van der Waals surface area contributed by atoms with Crippen LogP contribution in [0.1, 0.15) is 0 Å². The summed E-state index contributed by atoms with van der Waals surface area (Å²) in [4.78, 5) is 22.9. The summed E-state index contributed by atoms with van der Waals surface area (Å²) in [7, 11) is 1.65. The number of H-pyrrole nitrogens is 2. The van der Waals surface area contributed by atoms with Gasteiger partial charge in [0.2, 0.25) is 0 Å². The normalized spacial score (nSPS) is 11.8. The Morgan fingerprint density at radius 3 is 2.96 bits per heavy atom. The smallest absolute Gasteiger partial charge is 0.256 e. The van der Waals surface area contributed by atoms with Crippen molar-refractivity contribution in [3.05, 3.63) is 46.6 Å². The lowest BCUT2D eigenvalue weighted by Crippen LogP contribution is -2.05. The highest BCUT2D eigenvalue weighted by molar-refractivity contribution is 7.99. The Morgan fingerprint density at radius 1 is 1.25 bits per heavy atom. The summed E-state index contributed by atoms with van der Waals surface area (Å²) in [6, 6.07) is 6.25. The zero-order chi connectivity index (χ0) is 16.7. The Hall–Kier alpha value is -2.38. The first-order valence-electron chi connectivity index (χ1n) is 7.43. The Bertz CT molecular complexity index is 1120. The van der Waals surface area contributed by atoms with Crippen molar-refractivity contribution in [2.24, 2.45) is 0 Å². The summed E-state index contributed by atoms with van der Waals surface area (Å²) in [5, 5.41) is 3.28. The van der Waals surface area contributed by atoms with Crippen LogP contribution in [-0.2, 0) is 4.74 Å². The van der Waals surface area contributed by atoms with Gasteiger partial charge in [0.15, 0.2) is 5.16 Å². The van der Waals surface area contributed by atoms with Crippen molar-refractivity contribution in [1.29, 1.82) is 0 Å². The van der Waals surface area contributed by atoms with E-state index in [4.69, 9.17) is 4.74 Å². The number of nitrogens with one attached hydrogen (secondary N) is 2. The molecule has 0 aliphatic heterocycles. The molecule has 2 N–H and O–H groups in total. The molecule has 0 saturated carbocycles. The highest BCUT2D eigenvalue weighted by atomic mass is 32.2. The molecule has 0 unspecified atom stereocenters. The summed E-state index contributed by atoms with van der Waals surface area (Å²) in [5.41, 5.74) is 1.28. The quantitative estimate of drug-likeness (QED) is 0.338. The fourth-order valence-corrected chi connectivity index (χ4v) is 3.69. The molecule has 4 aromatic rings. The molecule has 0 spiro atoms. The number of halogens is 1. The molecule has 7 heteroatoms. The molecule has 2 heterocycles. The second kappa shape index (κ2) is 5.92. The van der Waals surface area contributed by atoms with E-state index in [1.165, 1.54) is 12.1 Å². The number of imidazole rings is 1. The number of ether oxygens (including phenoxy) is 1. The minimum absolute atomic E-state index is 0.242. The molecule has 2 aromatic heterocycles. The van der Waals surface area contributed by atoms with E-state index < -0.39 is 0 Å². The first-order chi connectivity index (χ1) is 11.7. The van der Waals surface area contributed by atoms with E-state index in [9.17, 15) is 9.18 Å². The van der Waals surface area contributed by atoms with Gasteiger partial charge >= 0.3 is 0 Å². The number of hydrogen-bond donors (Lipinski definition) is 2. The van der Waals surface area contributed by atoms with Crippen LogP contribution in [0.4, 0.5) is 4.39 Å².